The van der Waals surface area contributed by atoms with Gasteiger partial charge in [-0.1, -0.05) is 30.3 Å². The van der Waals surface area contributed by atoms with E-state index in [0.29, 0.717) is 12.2 Å². The molecule has 4 rings (SSSR count). The van der Waals surface area contributed by atoms with Crippen molar-refractivity contribution in [2.45, 2.75) is 41.3 Å². The molecule has 0 bridgehead atoms. The summed E-state index contributed by atoms with van der Waals surface area (Å²) in [6.07, 6.45) is -1.55. The van der Waals surface area contributed by atoms with Crippen LogP contribution in [-0.2, 0) is 6.18 Å². The molecule has 0 amide bonds. The quantitative estimate of drug-likeness (QED) is 0.757. The first-order valence-corrected chi connectivity index (χ1v) is 10.4. The lowest BCUT2D eigenvalue weighted by molar-refractivity contribution is -0.137. The number of aliphatic hydroxyl groups is 1. The number of para-hydroxylation sites is 1. The Morgan fingerprint density at radius 2 is 1.64 bits per heavy atom. The monoisotopic (exact) mass is 408 g/mol. The number of hydrogen-bond donors (Lipinski definition) is 1. The number of β-amino-alcohol motifs (C(OH)–C–C–N with tert-alkyl or cyclic N) is 1. The number of fused-ring (bicyclic) bond motifs is 2. The second-order valence-corrected chi connectivity index (χ2v) is 8.46. The summed E-state index contributed by atoms with van der Waals surface area (Å²) in [6.45, 7) is 2.75. The first-order valence-electron chi connectivity index (χ1n) is 9.58. The molecule has 150 valence electrons. The van der Waals surface area contributed by atoms with Crippen LogP contribution < -0.4 is 4.90 Å². The van der Waals surface area contributed by atoms with Gasteiger partial charge in [0.1, 0.15) is 0 Å². The van der Waals surface area contributed by atoms with Crippen molar-refractivity contribution in [2.75, 3.05) is 31.1 Å². The maximum absolute atomic E-state index is 13.3. The van der Waals surface area contributed by atoms with Crippen molar-refractivity contribution in [1.29, 1.82) is 0 Å². The van der Waals surface area contributed by atoms with E-state index in [1.54, 1.807) is 0 Å². The van der Waals surface area contributed by atoms with E-state index in [1.807, 2.05) is 29.2 Å². The summed E-state index contributed by atoms with van der Waals surface area (Å²) in [4.78, 5) is 5.84. The van der Waals surface area contributed by atoms with Crippen LogP contribution in [-0.4, -0.2) is 42.3 Å². The van der Waals surface area contributed by atoms with Gasteiger partial charge in [0, 0.05) is 16.3 Å². The predicted octanol–water partition coefficient (Wildman–Crippen LogP) is 5.15. The Bertz CT molecular complexity index is 837. The Balaban J connectivity index is 1.63. The molecule has 7 heteroatoms. The maximum atomic E-state index is 13.3. The van der Waals surface area contributed by atoms with Gasteiger partial charge in [0.15, 0.2) is 0 Å². The SMILES string of the molecule is OC(CN1CCCCC1)CN1c2ccccc2Sc2ccc(C(F)(F)F)cc21. The number of rotatable bonds is 4. The molecular formula is C21H23F3N2OS. The average molecular weight is 408 g/mol. The van der Waals surface area contributed by atoms with Gasteiger partial charge in [-0.05, 0) is 56.3 Å². The lowest BCUT2D eigenvalue weighted by Crippen LogP contribution is -2.41. The van der Waals surface area contributed by atoms with Gasteiger partial charge >= 0.3 is 6.18 Å². The molecule has 1 saturated heterocycles. The highest BCUT2D eigenvalue weighted by molar-refractivity contribution is 7.99. The van der Waals surface area contributed by atoms with Crippen LogP contribution in [0.4, 0.5) is 24.5 Å². The second-order valence-electron chi connectivity index (χ2n) is 7.38. The molecular weight excluding hydrogens is 385 g/mol. The smallest absolute Gasteiger partial charge is 0.390 e. The van der Waals surface area contributed by atoms with Gasteiger partial charge in [-0.3, -0.25) is 0 Å². The van der Waals surface area contributed by atoms with Crippen LogP contribution in [0.3, 0.4) is 0 Å². The number of benzene rings is 2. The molecule has 3 nitrogen and oxygen atoms in total. The number of likely N-dealkylation sites (tertiary alicyclic amines) is 1. The van der Waals surface area contributed by atoms with Crippen molar-refractivity contribution >= 4 is 23.1 Å². The number of aliphatic hydroxyl groups excluding tert-OH is 1. The third kappa shape index (κ3) is 4.16. The van der Waals surface area contributed by atoms with Crippen molar-refractivity contribution in [1.82, 2.24) is 4.90 Å². The maximum Gasteiger partial charge on any atom is 0.416 e. The highest BCUT2D eigenvalue weighted by atomic mass is 32.2. The molecule has 28 heavy (non-hydrogen) atoms. The first-order chi connectivity index (χ1) is 13.4. The minimum Gasteiger partial charge on any atom is -0.390 e. The molecule has 0 spiro atoms. The number of anilines is 2. The highest BCUT2D eigenvalue weighted by Crippen LogP contribution is 2.49. The van der Waals surface area contributed by atoms with Gasteiger partial charge in [0.2, 0.25) is 0 Å². The van der Waals surface area contributed by atoms with Crippen LogP contribution in [0.15, 0.2) is 52.3 Å². The summed E-state index contributed by atoms with van der Waals surface area (Å²) < 4.78 is 39.8. The summed E-state index contributed by atoms with van der Waals surface area (Å²) in [7, 11) is 0. The minimum absolute atomic E-state index is 0.266. The summed E-state index contributed by atoms with van der Waals surface area (Å²) in [5.41, 5.74) is 0.690. The lowest BCUT2D eigenvalue weighted by Gasteiger charge is -2.36. The predicted molar refractivity (Wildman–Crippen MR) is 105 cm³/mol. The molecule has 2 heterocycles. The van der Waals surface area contributed by atoms with Gasteiger partial charge in [0.05, 0.1) is 29.6 Å². The van der Waals surface area contributed by atoms with Crippen molar-refractivity contribution in [2.24, 2.45) is 0 Å². The van der Waals surface area contributed by atoms with E-state index < -0.39 is 17.8 Å². The fourth-order valence-electron chi connectivity index (χ4n) is 3.91. The van der Waals surface area contributed by atoms with E-state index in [4.69, 9.17) is 0 Å². The van der Waals surface area contributed by atoms with E-state index in [-0.39, 0.29) is 6.54 Å². The molecule has 0 radical (unpaired) electrons. The molecule has 0 aliphatic carbocycles. The fourth-order valence-corrected chi connectivity index (χ4v) is 4.99. The molecule has 2 aromatic carbocycles. The Kier molecular flexibility index (Phi) is 5.58. The highest BCUT2D eigenvalue weighted by Gasteiger charge is 2.33. The van der Waals surface area contributed by atoms with Crippen LogP contribution in [0.1, 0.15) is 24.8 Å². The molecule has 0 aromatic heterocycles. The molecule has 2 aliphatic heterocycles. The molecule has 2 aromatic rings. The Morgan fingerprint density at radius 3 is 2.39 bits per heavy atom. The van der Waals surface area contributed by atoms with E-state index in [1.165, 1.54) is 30.3 Å². The van der Waals surface area contributed by atoms with Crippen molar-refractivity contribution in [3.8, 4) is 0 Å². The zero-order chi connectivity index (χ0) is 19.7. The fraction of sp³-hybridized carbons (Fsp3) is 0.429. The minimum atomic E-state index is -4.39. The van der Waals surface area contributed by atoms with Crippen molar-refractivity contribution < 1.29 is 18.3 Å². The Morgan fingerprint density at radius 1 is 0.929 bits per heavy atom. The second kappa shape index (κ2) is 7.97. The van der Waals surface area contributed by atoms with Crippen LogP contribution in [0.2, 0.25) is 0 Å². The number of nitrogens with zero attached hydrogens (tertiary/aromatic N) is 2. The lowest BCUT2D eigenvalue weighted by atomic mass is 10.1. The topological polar surface area (TPSA) is 26.7 Å². The summed E-state index contributed by atoms with van der Waals surface area (Å²) in [5, 5.41) is 10.7. The molecule has 1 N–H and O–H groups in total. The normalized spacial score (nSPS) is 18.5. The number of alkyl halides is 3. The van der Waals surface area contributed by atoms with E-state index >= 15 is 0 Å². The van der Waals surface area contributed by atoms with Gasteiger partial charge in [-0.25, -0.2) is 0 Å². The Labute approximate surface area is 167 Å². The zero-order valence-electron chi connectivity index (χ0n) is 15.5. The zero-order valence-corrected chi connectivity index (χ0v) is 16.3. The van der Waals surface area contributed by atoms with Crippen molar-refractivity contribution in [3.05, 3.63) is 48.0 Å². The third-order valence-corrected chi connectivity index (χ3v) is 6.39. The van der Waals surface area contributed by atoms with E-state index in [9.17, 15) is 18.3 Å². The van der Waals surface area contributed by atoms with E-state index in [2.05, 4.69) is 4.90 Å². The Hall–Kier alpha value is -1.70. The van der Waals surface area contributed by atoms with Gasteiger partial charge in [0.25, 0.3) is 0 Å². The van der Waals surface area contributed by atoms with Crippen LogP contribution in [0.5, 0.6) is 0 Å². The molecule has 1 atom stereocenters. The summed E-state index contributed by atoms with van der Waals surface area (Å²) in [6, 6.07) is 11.5. The number of halogens is 3. The standard InChI is InChI=1S/C21H23F3N2OS/c22-21(23,24)15-8-9-20-18(12-15)26(17-6-2-3-7-19(17)28-20)14-16(27)13-25-10-4-1-5-11-25/h2-3,6-9,12,16,27H,1,4-5,10-11,13-14H2. The van der Waals surface area contributed by atoms with Gasteiger partial charge < -0.3 is 14.9 Å². The van der Waals surface area contributed by atoms with Crippen molar-refractivity contribution in [3.63, 3.8) is 0 Å². The molecule has 0 saturated carbocycles. The number of piperidine rings is 1. The van der Waals surface area contributed by atoms with Crippen LogP contribution in [0.25, 0.3) is 0 Å². The first kappa shape index (κ1) is 19.6. The van der Waals surface area contributed by atoms with Gasteiger partial charge in [-0.2, -0.15) is 13.2 Å². The molecule has 2 aliphatic rings. The summed E-state index contributed by atoms with van der Waals surface area (Å²) in [5.74, 6) is 0. The molecule has 1 fully saturated rings. The van der Waals surface area contributed by atoms with E-state index in [0.717, 1.165) is 47.5 Å². The van der Waals surface area contributed by atoms with Crippen LogP contribution in [0, 0.1) is 0 Å². The van der Waals surface area contributed by atoms with Gasteiger partial charge in [-0.15, -0.1) is 0 Å². The third-order valence-electron chi connectivity index (χ3n) is 5.26. The number of hydrogen-bond acceptors (Lipinski definition) is 4. The summed E-state index contributed by atoms with van der Waals surface area (Å²) >= 11 is 1.47. The van der Waals surface area contributed by atoms with Crippen LogP contribution >= 0.6 is 11.8 Å². The average Bonchev–Trinajstić information content (AvgIpc) is 2.67. The largest absolute Gasteiger partial charge is 0.416 e. The molecule has 1 unspecified atom stereocenters.